The third-order valence-corrected chi connectivity index (χ3v) is 3.78. The second-order valence-electron chi connectivity index (χ2n) is 4.80. The molecule has 0 aliphatic rings. The lowest BCUT2D eigenvalue weighted by atomic mass is 10.0. The van der Waals surface area contributed by atoms with Crippen LogP contribution in [0.5, 0.6) is 0 Å². The van der Waals surface area contributed by atoms with E-state index in [1.807, 2.05) is 36.8 Å². The molecule has 1 aromatic heterocycles. The zero-order valence-electron chi connectivity index (χ0n) is 11.3. The maximum absolute atomic E-state index is 6.26. The first-order valence-electron chi connectivity index (χ1n) is 6.56. The van der Waals surface area contributed by atoms with E-state index in [1.165, 1.54) is 5.56 Å². The fourth-order valence-corrected chi connectivity index (χ4v) is 2.56. The van der Waals surface area contributed by atoms with Gasteiger partial charge in [0.15, 0.2) is 0 Å². The van der Waals surface area contributed by atoms with Crippen molar-refractivity contribution in [3.05, 3.63) is 82.9 Å². The van der Waals surface area contributed by atoms with Crippen LogP contribution in [0.15, 0.2) is 61.1 Å². The molecule has 3 rings (SSSR count). The van der Waals surface area contributed by atoms with Crippen LogP contribution in [0.25, 0.3) is 5.69 Å². The molecule has 0 aliphatic carbocycles. The molecular weight excluding hydrogens is 268 g/mol. The Labute approximate surface area is 123 Å². The number of para-hydroxylation sites is 1. The summed E-state index contributed by atoms with van der Waals surface area (Å²) >= 11 is 6.26. The first-order valence-corrected chi connectivity index (χ1v) is 6.94. The van der Waals surface area contributed by atoms with Crippen LogP contribution in [0.2, 0.25) is 5.02 Å². The zero-order chi connectivity index (χ0) is 13.9. The summed E-state index contributed by atoms with van der Waals surface area (Å²) in [6.07, 6.45) is 4.53. The molecule has 2 aromatic carbocycles. The minimum absolute atomic E-state index is 0.810. The van der Waals surface area contributed by atoms with Gasteiger partial charge in [-0.3, -0.25) is 0 Å². The molecule has 0 atom stereocenters. The van der Waals surface area contributed by atoms with Crippen LogP contribution in [0, 0.1) is 6.92 Å². The number of imidazole rings is 1. The van der Waals surface area contributed by atoms with Gasteiger partial charge in [-0.05, 0) is 30.2 Å². The Hall–Kier alpha value is -2.06. The predicted molar refractivity (Wildman–Crippen MR) is 82.6 cm³/mol. The summed E-state index contributed by atoms with van der Waals surface area (Å²) in [5.74, 6) is 0. The van der Waals surface area contributed by atoms with Gasteiger partial charge < -0.3 is 4.57 Å². The average Bonchev–Trinajstić information content (AvgIpc) is 2.88. The Morgan fingerprint density at radius 2 is 1.70 bits per heavy atom. The Bertz CT molecular complexity index is 731. The number of rotatable bonds is 3. The van der Waals surface area contributed by atoms with E-state index in [0.29, 0.717) is 0 Å². The third-order valence-electron chi connectivity index (χ3n) is 3.41. The summed E-state index contributed by atoms with van der Waals surface area (Å²) in [7, 11) is 0. The molecule has 0 unspecified atom stereocenters. The number of benzene rings is 2. The van der Waals surface area contributed by atoms with Crippen LogP contribution in [0.3, 0.4) is 0 Å². The second kappa shape index (κ2) is 5.51. The van der Waals surface area contributed by atoms with Crippen LogP contribution in [-0.2, 0) is 6.42 Å². The lowest BCUT2D eigenvalue weighted by Crippen LogP contribution is -2.01. The third kappa shape index (κ3) is 2.47. The maximum Gasteiger partial charge on any atom is 0.0994 e. The number of hydrogen-bond acceptors (Lipinski definition) is 1. The van der Waals surface area contributed by atoms with Crippen molar-refractivity contribution in [2.75, 3.05) is 0 Å². The van der Waals surface area contributed by atoms with E-state index in [9.17, 15) is 0 Å². The molecule has 0 bridgehead atoms. The molecule has 1 heterocycles. The lowest BCUT2D eigenvalue weighted by Gasteiger charge is -2.12. The van der Waals surface area contributed by atoms with Gasteiger partial charge in [0.2, 0.25) is 0 Å². The highest BCUT2D eigenvalue weighted by atomic mass is 35.5. The van der Waals surface area contributed by atoms with E-state index in [0.717, 1.165) is 28.4 Å². The van der Waals surface area contributed by atoms with Gasteiger partial charge in [-0.2, -0.15) is 0 Å². The first kappa shape index (κ1) is 12.9. The van der Waals surface area contributed by atoms with E-state index in [-0.39, 0.29) is 0 Å². The molecule has 3 heteroatoms. The van der Waals surface area contributed by atoms with Crippen LogP contribution in [0.1, 0.15) is 16.8 Å². The van der Waals surface area contributed by atoms with Crippen molar-refractivity contribution < 1.29 is 0 Å². The fourth-order valence-electron chi connectivity index (χ4n) is 2.36. The van der Waals surface area contributed by atoms with E-state index >= 15 is 0 Å². The zero-order valence-corrected chi connectivity index (χ0v) is 12.0. The van der Waals surface area contributed by atoms with Gasteiger partial charge in [-0.15, -0.1) is 0 Å². The van der Waals surface area contributed by atoms with Crippen LogP contribution in [0.4, 0.5) is 0 Å². The molecule has 0 N–H and O–H groups in total. The highest BCUT2D eigenvalue weighted by Crippen LogP contribution is 2.23. The van der Waals surface area contributed by atoms with Crippen molar-refractivity contribution in [1.29, 1.82) is 0 Å². The minimum atomic E-state index is 0.810. The van der Waals surface area contributed by atoms with Crippen molar-refractivity contribution >= 4 is 11.6 Å². The van der Waals surface area contributed by atoms with Crippen molar-refractivity contribution in [2.24, 2.45) is 0 Å². The summed E-state index contributed by atoms with van der Waals surface area (Å²) in [5.41, 5.74) is 4.65. The summed E-state index contributed by atoms with van der Waals surface area (Å²) in [6, 6.07) is 16.3. The molecule has 3 aromatic rings. The highest BCUT2D eigenvalue weighted by Gasteiger charge is 2.08. The maximum atomic E-state index is 6.26. The van der Waals surface area contributed by atoms with Gasteiger partial charge >= 0.3 is 0 Å². The highest BCUT2D eigenvalue weighted by molar-refractivity contribution is 6.31. The van der Waals surface area contributed by atoms with Gasteiger partial charge in [0.05, 0.1) is 12.0 Å². The van der Waals surface area contributed by atoms with Gasteiger partial charge in [0, 0.05) is 23.3 Å². The number of halogens is 1. The lowest BCUT2D eigenvalue weighted by molar-refractivity contribution is 0.976. The van der Waals surface area contributed by atoms with E-state index in [1.54, 1.807) is 0 Å². The molecule has 0 aliphatic heterocycles. The fraction of sp³-hybridized carbons (Fsp3) is 0.118. The van der Waals surface area contributed by atoms with E-state index in [2.05, 4.69) is 40.7 Å². The Balaban J connectivity index is 2.03. The average molecular weight is 283 g/mol. The molecule has 0 saturated heterocycles. The molecular formula is C17H15ClN2. The molecule has 0 spiro atoms. The van der Waals surface area contributed by atoms with E-state index < -0.39 is 0 Å². The number of nitrogens with zero attached hydrogens (tertiary/aromatic N) is 2. The molecule has 2 nitrogen and oxygen atoms in total. The SMILES string of the molecule is Cc1cncn1-c1ccccc1Cc1ccccc1Cl. The van der Waals surface area contributed by atoms with Crippen molar-refractivity contribution in [2.45, 2.75) is 13.3 Å². The second-order valence-corrected chi connectivity index (χ2v) is 5.21. The normalized spacial score (nSPS) is 10.7. The summed E-state index contributed by atoms with van der Waals surface area (Å²) in [5, 5.41) is 0.810. The van der Waals surface area contributed by atoms with Crippen molar-refractivity contribution in [3.63, 3.8) is 0 Å². The summed E-state index contributed by atoms with van der Waals surface area (Å²) in [6.45, 7) is 2.05. The quantitative estimate of drug-likeness (QED) is 0.695. The van der Waals surface area contributed by atoms with Crippen molar-refractivity contribution in [1.82, 2.24) is 9.55 Å². The molecule has 0 amide bonds. The summed E-state index contributed by atoms with van der Waals surface area (Å²) < 4.78 is 2.10. The number of aromatic nitrogens is 2. The molecule has 100 valence electrons. The van der Waals surface area contributed by atoms with E-state index in [4.69, 9.17) is 11.6 Å². The topological polar surface area (TPSA) is 17.8 Å². The molecule has 0 saturated carbocycles. The Morgan fingerprint density at radius 3 is 2.40 bits per heavy atom. The Kier molecular flexibility index (Phi) is 3.57. The monoisotopic (exact) mass is 282 g/mol. The minimum Gasteiger partial charge on any atom is -0.303 e. The van der Waals surface area contributed by atoms with Gasteiger partial charge in [0.1, 0.15) is 0 Å². The summed E-state index contributed by atoms with van der Waals surface area (Å²) in [4.78, 5) is 4.20. The van der Waals surface area contributed by atoms with Crippen LogP contribution < -0.4 is 0 Å². The first-order chi connectivity index (χ1) is 9.75. The van der Waals surface area contributed by atoms with Crippen molar-refractivity contribution in [3.8, 4) is 5.69 Å². The number of hydrogen-bond donors (Lipinski definition) is 0. The standard InChI is InChI=1S/C17H15ClN2/c1-13-11-19-12-20(13)17-9-5-3-7-15(17)10-14-6-2-4-8-16(14)18/h2-9,11-12H,10H2,1H3. The molecule has 20 heavy (non-hydrogen) atoms. The number of aryl methyl sites for hydroxylation is 1. The molecule has 0 radical (unpaired) electrons. The Morgan fingerprint density at radius 1 is 1.00 bits per heavy atom. The largest absolute Gasteiger partial charge is 0.303 e. The van der Waals surface area contributed by atoms with Gasteiger partial charge in [-0.1, -0.05) is 48.0 Å². The van der Waals surface area contributed by atoms with Gasteiger partial charge in [-0.25, -0.2) is 4.98 Å². The van der Waals surface area contributed by atoms with Crippen LogP contribution in [-0.4, -0.2) is 9.55 Å². The van der Waals surface area contributed by atoms with Crippen LogP contribution >= 0.6 is 11.6 Å². The van der Waals surface area contributed by atoms with Gasteiger partial charge in [0.25, 0.3) is 0 Å². The smallest absolute Gasteiger partial charge is 0.0994 e. The molecule has 0 fully saturated rings. The predicted octanol–water partition coefficient (Wildman–Crippen LogP) is 4.42.